The van der Waals surface area contributed by atoms with Crippen LogP contribution in [0.3, 0.4) is 0 Å². The molecule has 0 bridgehead atoms. The van der Waals surface area contributed by atoms with Gasteiger partial charge in [-0.05, 0) is 40.8 Å². The van der Waals surface area contributed by atoms with Crippen molar-refractivity contribution in [2.75, 3.05) is 13.8 Å². The number of carbonyl (C=O) groups excluding carboxylic acids is 1. The van der Waals surface area contributed by atoms with E-state index in [1.165, 1.54) is 7.11 Å². The number of nitrogens with one attached hydrogen (secondary N) is 2. The van der Waals surface area contributed by atoms with Crippen LogP contribution in [0.1, 0.15) is 10.5 Å². The Morgan fingerprint density at radius 1 is 1.62 bits per heavy atom. The molecule has 0 spiro atoms. The molecule has 0 radical (unpaired) electrons. The van der Waals surface area contributed by atoms with Crippen molar-refractivity contribution in [2.45, 2.75) is 0 Å². The Balaban J connectivity index is 2.37. The first-order valence-electron chi connectivity index (χ1n) is 4.63. The summed E-state index contributed by atoms with van der Waals surface area (Å²) >= 11 is 2.20. The van der Waals surface area contributed by atoms with Gasteiger partial charge in [0.1, 0.15) is 6.73 Å². The fourth-order valence-electron chi connectivity index (χ4n) is 1.38. The number of amides is 1. The van der Waals surface area contributed by atoms with Gasteiger partial charge in [-0.1, -0.05) is 0 Å². The predicted octanol–water partition coefficient (Wildman–Crippen LogP) is 1.50. The van der Waals surface area contributed by atoms with E-state index in [1.54, 1.807) is 0 Å². The van der Waals surface area contributed by atoms with E-state index in [0.717, 1.165) is 14.5 Å². The molecule has 2 rings (SSSR count). The molecule has 1 heterocycles. The molecule has 6 heteroatoms. The number of halogens is 1. The molecule has 2 N–H and O–H groups in total. The zero-order chi connectivity index (χ0) is 11.5. The summed E-state index contributed by atoms with van der Waals surface area (Å²) in [5.74, 6) is -0.241. The topological polar surface area (TPSA) is 67.0 Å². The average Bonchev–Trinajstić information content (AvgIpc) is 2.68. The molecular weight excluding hydrogens is 321 g/mol. The second-order valence-electron chi connectivity index (χ2n) is 3.20. The maximum Gasteiger partial charge on any atom is 0.274 e. The number of ether oxygens (including phenoxy) is 1. The quantitative estimate of drug-likeness (QED) is 0.662. The highest BCUT2D eigenvalue weighted by atomic mass is 127. The fraction of sp³-hybridized carbons (Fsp3) is 0.200. The molecule has 0 atom stereocenters. The molecule has 0 aliphatic rings. The van der Waals surface area contributed by atoms with Gasteiger partial charge in [0, 0.05) is 16.1 Å². The Labute approximate surface area is 106 Å². The molecule has 0 unspecified atom stereocenters. The summed E-state index contributed by atoms with van der Waals surface area (Å²) in [5, 5.41) is 10.2. The smallest absolute Gasteiger partial charge is 0.274 e. The predicted molar refractivity (Wildman–Crippen MR) is 68.2 cm³/mol. The second kappa shape index (κ2) is 4.79. The Bertz CT molecular complexity index is 524. The number of rotatable bonds is 3. The molecule has 0 aliphatic carbocycles. The van der Waals surface area contributed by atoms with Crippen molar-refractivity contribution < 1.29 is 9.53 Å². The van der Waals surface area contributed by atoms with Crippen molar-refractivity contribution in [2.24, 2.45) is 0 Å². The molecular formula is C10H10IN3O2. The number of benzene rings is 1. The summed E-state index contributed by atoms with van der Waals surface area (Å²) in [7, 11) is 1.52. The van der Waals surface area contributed by atoms with E-state index in [-0.39, 0.29) is 12.6 Å². The first-order valence-corrected chi connectivity index (χ1v) is 5.71. The van der Waals surface area contributed by atoms with Crippen LogP contribution in [0.25, 0.3) is 10.9 Å². The lowest BCUT2D eigenvalue weighted by Gasteiger charge is -2.00. The van der Waals surface area contributed by atoms with E-state index in [0.29, 0.717) is 5.69 Å². The van der Waals surface area contributed by atoms with Crippen molar-refractivity contribution in [3.8, 4) is 0 Å². The van der Waals surface area contributed by atoms with Crippen LogP contribution in [0.4, 0.5) is 0 Å². The summed E-state index contributed by atoms with van der Waals surface area (Å²) in [6.07, 6.45) is 0. The Hall–Kier alpha value is -1.15. The van der Waals surface area contributed by atoms with Gasteiger partial charge in [0.05, 0.1) is 5.52 Å². The van der Waals surface area contributed by atoms with E-state index in [9.17, 15) is 4.79 Å². The van der Waals surface area contributed by atoms with Crippen LogP contribution in [-0.4, -0.2) is 29.9 Å². The molecule has 2 aromatic rings. The first-order chi connectivity index (χ1) is 7.72. The summed E-state index contributed by atoms with van der Waals surface area (Å²) in [5.41, 5.74) is 1.24. The zero-order valence-corrected chi connectivity index (χ0v) is 10.7. The van der Waals surface area contributed by atoms with E-state index in [4.69, 9.17) is 4.74 Å². The molecule has 16 heavy (non-hydrogen) atoms. The maximum atomic E-state index is 11.7. The van der Waals surface area contributed by atoms with Crippen molar-refractivity contribution in [1.29, 1.82) is 0 Å². The Kier molecular flexibility index (Phi) is 3.39. The number of methoxy groups -OCH3 is 1. The number of carbonyl (C=O) groups is 1. The van der Waals surface area contributed by atoms with E-state index in [2.05, 4.69) is 38.1 Å². The number of fused-ring (bicyclic) bond motifs is 1. The molecule has 0 fully saturated rings. The highest BCUT2D eigenvalue weighted by Gasteiger charge is 2.13. The van der Waals surface area contributed by atoms with Crippen molar-refractivity contribution in [3.05, 3.63) is 27.5 Å². The van der Waals surface area contributed by atoms with Crippen LogP contribution in [0.2, 0.25) is 0 Å². The van der Waals surface area contributed by atoms with Crippen LogP contribution in [0.15, 0.2) is 18.2 Å². The largest absolute Gasteiger partial charge is 0.364 e. The highest BCUT2D eigenvalue weighted by molar-refractivity contribution is 14.1. The number of H-pyrrole nitrogens is 1. The minimum Gasteiger partial charge on any atom is -0.364 e. The van der Waals surface area contributed by atoms with Crippen molar-refractivity contribution in [3.63, 3.8) is 0 Å². The summed E-state index contributed by atoms with van der Waals surface area (Å²) in [6, 6.07) is 5.77. The number of aromatic nitrogens is 2. The number of hydrogen-bond acceptors (Lipinski definition) is 3. The van der Waals surface area contributed by atoms with Crippen LogP contribution in [0.5, 0.6) is 0 Å². The van der Waals surface area contributed by atoms with E-state index < -0.39 is 0 Å². The molecule has 1 aromatic carbocycles. The van der Waals surface area contributed by atoms with Gasteiger partial charge >= 0.3 is 0 Å². The van der Waals surface area contributed by atoms with Crippen LogP contribution in [0, 0.1) is 3.57 Å². The average molecular weight is 331 g/mol. The van der Waals surface area contributed by atoms with E-state index in [1.807, 2.05) is 18.2 Å². The number of aromatic amines is 1. The van der Waals surface area contributed by atoms with Gasteiger partial charge in [0.25, 0.3) is 5.91 Å². The molecule has 0 saturated carbocycles. The van der Waals surface area contributed by atoms with Gasteiger partial charge in [-0.2, -0.15) is 5.10 Å². The van der Waals surface area contributed by atoms with Gasteiger partial charge in [0.15, 0.2) is 5.69 Å². The molecule has 1 amide bonds. The molecule has 0 saturated heterocycles. The van der Waals surface area contributed by atoms with Gasteiger partial charge in [-0.25, -0.2) is 0 Å². The highest BCUT2D eigenvalue weighted by Crippen LogP contribution is 2.18. The van der Waals surface area contributed by atoms with Crippen molar-refractivity contribution in [1.82, 2.24) is 15.5 Å². The molecule has 1 aromatic heterocycles. The minimum absolute atomic E-state index is 0.178. The van der Waals surface area contributed by atoms with Gasteiger partial charge in [-0.15, -0.1) is 0 Å². The minimum atomic E-state index is -0.241. The van der Waals surface area contributed by atoms with Crippen LogP contribution < -0.4 is 5.32 Å². The SMILES string of the molecule is COCNC(=O)c1n[nH]c2ccc(I)cc12. The molecule has 0 aliphatic heterocycles. The third-order valence-corrected chi connectivity index (χ3v) is 2.79. The van der Waals surface area contributed by atoms with Gasteiger partial charge in [-0.3, -0.25) is 9.89 Å². The maximum absolute atomic E-state index is 11.7. The lowest BCUT2D eigenvalue weighted by atomic mass is 10.2. The third kappa shape index (κ3) is 2.17. The van der Waals surface area contributed by atoms with Gasteiger partial charge < -0.3 is 10.1 Å². The fourth-order valence-corrected chi connectivity index (χ4v) is 1.87. The Morgan fingerprint density at radius 3 is 3.19 bits per heavy atom. The normalized spacial score (nSPS) is 10.6. The van der Waals surface area contributed by atoms with E-state index >= 15 is 0 Å². The summed E-state index contributed by atoms with van der Waals surface area (Å²) in [6.45, 7) is 0.178. The number of hydrogen-bond donors (Lipinski definition) is 2. The zero-order valence-electron chi connectivity index (χ0n) is 8.58. The van der Waals surface area contributed by atoms with Crippen LogP contribution in [-0.2, 0) is 4.74 Å². The summed E-state index contributed by atoms with van der Waals surface area (Å²) in [4.78, 5) is 11.7. The lowest BCUT2D eigenvalue weighted by molar-refractivity contribution is 0.0869. The number of nitrogens with zero attached hydrogens (tertiary/aromatic N) is 1. The van der Waals surface area contributed by atoms with Crippen LogP contribution >= 0.6 is 22.6 Å². The van der Waals surface area contributed by atoms with Gasteiger partial charge in [0.2, 0.25) is 0 Å². The molecule has 84 valence electrons. The summed E-state index contributed by atoms with van der Waals surface area (Å²) < 4.78 is 5.84. The monoisotopic (exact) mass is 331 g/mol. The first kappa shape index (κ1) is 11.3. The Morgan fingerprint density at radius 2 is 2.44 bits per heavy atom. The second-order valence-corrected chi connectivity index (χ2v) is 4.45. The van der Waals surface area contributed by atoms with Crippen molar-refractivity contribution >= 4 is 39.4 Å². The molecule has 5 nitrogen and oxygen atoms in total. The standard InChI is InChI=1S/C10H10IN3O2/c1-16-5-12-10(15)9-7-4-6(11)2-3-8(7)13-14-9/h2-4H,5H2,1H3,(H,12,15)(H,13,14). The lowest BCUT2D eigenvalue weighted by Crippen LogP contribution is -2.25. The third-order valence-electron chi connectivity index (χ3n) is 2.12.